The molecule has 2 aliphatic rings. The van der Waals surface area contributed by atoms with Crippen LogP contribution in [0.3, 0.4) is 0 Å². The summed E-state index contributed by atoms with van der Waals surface area (Å²) in [5.74, 6) is 3.04. The van der Waals surface area contributed by atoms with Crippen LogP contribution >= 0.6 is 0 Å². The summed E-state index contributed by atoms with van der Waals surface area (Å²) in [7, 11) is 3.55. The summed E-state index contributed by atoms with van der Waals surface area (Å²) < 4.78 is 14.0. The number of imidazole rings is 1. The molecule has 1 N–H and O–H groups in total. The number of nitrogens with zero attached hydrogens (tertiary/aromatic N) is 3. The van der Waals surface area contributed by atoms with Crippen molar-refractivity contribution in [1.29, 1.82) is 0 Å². The molecule has 2 aromatic carbocycles. The SMILES string of the molecule is CN(C)C(=O)c1ccc2nc(C(C3CCC(c4ccnc5ccc(F)cc45)CC3)C3CC3)[nH]c2c1. The molecular weight excluding hydrogens is 439 g/mol. The van der Waals surface area contributed by atoms with Gasteiger partial charge in [0.15, 0.2) is 0 Å². The molecule has 1 amide bonds. The van der Waals surface area contributed by atoms with Crippen molar-refractivity contribution >= 4 is 27.8 Å². The minimum absolute atomic E-state index is 0.00336. The molecule has 0 radical (unpaired) electrons. The number of fused-ring (bicyclic) bond motifs is 2. The number of halogens is 1. The van der Waals surface area contributed by atoms with Crippen molar-refractivity contribution in [3.8, 4) is 0 Å². The van der Waals surface area contributed by atoms with Crippen LogP contribution in [-0.4, -0.2) is 39.9 Å². The Morgan fingerprint density at radius 3 is 2.40 bits per heavy atom. The van der Waals surface area contributed by atoms with Crippen LogP contribution in [0, 0.1) is 17.7 Å². The lowest BCUT2D eigenvalue weighted by Gasteiger charge is -2.34. The topological polar surface area (TPSA) is 61.9 Å². The summed E-state index contributed by atoms with van der Waals surface area (Å²) >= 11 is 0. The van der Waals surface area contributed by atoms with Crippen molar-refractivity contribution in [3.05, 3.63) is 71.4 Å². The maximum absolute atomic E-state index is 14.0. The van der Waals surface area contributed by atoms with Crippen LogP contribution in [0.15, 0.2) is 48.7 Å². The molecule has 0 aliphatic heterocycles. The second-order valence-electron chi connectivity index (χ2n) is 10.6. The number of carbonyl (C=O) groups excluding carboxylic acids is 1. The zero-order valence-electron chi connectivity index (χ0n) is 20.3. The molecule has 2 saturated carbocycles. The maximum atomic E-state index is 14.0. The molecule has 35 heavy (non-hydrogen) atoms. The van der Waals surface area contributed by atoms with Crippen LogP contribution < -0.4 is 0 Å². The Morgan fingerprint density at radius 1 is 0.971 bits per heavy atom. The zero-order valence-corrected chi connectivity index (χ0v) is 20.3. The fraction of sp³-hybridized carbons (Fsp3) is 0.414. The molecule has 6 rings (SSSR count). The fourth-order valence-electron chi connectivity index (χ4n) is 6.15. The lowest BCUT2D eigenvalue weighted by atomic mass is 9.72. The zero-order chi connectivity index (χ0) is 24.1. The van der Waals surface area contributed by atoms with E-state index in [-0.39, 0.29) is 11.7 Å². The minimum Gasteiger partial charge on any atom is -0.345 e. The van der Waals surface area contributed by atoms with E-state index < -0.39 is 0 Å². The maximum Gasteiger partial charge on any atom is 0.253 e. The van der Waals surface area contributed by atoms with E-state index in [4.69, 9.17) is 4.98 Å². The van der Waals surface area contributed by atoms with Gasteiger partial charge in [0, 0.05) is 37.2 Å². The van der Waals surface area contributed by atoms with Gasteiger partial charge in [-0.2, -0.15) is 0 Å². The van der Waals surface area contributed by atoms with Crippen molar-refractivity contribution in [2.45, 2.75) is 50.4 Å². The third-order valence-electron chi connectivity index (χ3n) is 8.06. The Kier molecular flexibility index (Phi) is 5.54. The van der Waals surface area contributed by atoms with Crippen molar-refractivity contribution in [1.82, 2.24) is 19.9 Å². The highest BCUT2D eigenvalue weighted by molar-refractivity contribution is 5.97. The number of aromatic nitrogens is 3. The monoisotopic (exact) mass is 470 g/mol. The van der Waals surface area contributed by atoms with Crippen LogP contribution in [0.25, 0.3) is 21.9 Å². The second-order valence-corrected chi connectivity index (χ2v) is 10.6. The van der Waals surface area contributed by atoms with E-state index in [2.05, 4.69) is 16.0 Å². The van der Waals surface area contributed by atoms with Crippen LogP contribution in [0.5, 0.6) is 0 Å². The van der Waals surface area contributed by atoms with Gasteiger partial charge >= 0.3 is 0 Å². The third kappa shape index (κ3) is 4.19. The Morgan fingerprint density at radius 2 is 1.69 bits per heavy atom. The summed E-state index contributed by atoms with van der Waals surface area (Å²) in [5, 5.41) is 0.954. The summed E-state index contributed by atoms with van der Waals surface area (Å²) in [5.41, 5.74) is 4.66. The highest BCUT2D eigenvalue weighted by Gasteiger charge is 2.41. The number of nitrogens with one attached hydrogen (secondary N) is 1. The van der Waals surface area contributed by atoms with Gasteiger partial charge in [-0.25, -0.2) is 9.37 Å². The third-order valence-corrected chi connectivity index (χ3v) is 8.06. The number of pyridine rings is 1. The quantitative estimate of drug-likeness (QED) is 0.366. The van der Waals surface area contributed by atoms with E-state index in [9.17, 15) is 9.18 Å². The van der Waals surface area contributed by atoms with E-state index in [0.29, 0.717) is 29.2 Å². The molecule has 2 aromatic heterocycles. The van der Waals surface area contributed by atoms with Gasteiger partial charge in [0.25, 0.3) is 5.91 Å². The highest BCUT2D eigenvalue weighted by Crippen LogP contribution is 2.51. The summed E-state index contributed by atoms with van der Waals surface area (Å²) in [4.78, 5) is 27.0. The molecule has 180 valence electrons. The summed E-state index contributed by atoms with van der Waals surface area (Å²) in [6.07, 6.45) is 8.88. The first kappa shape index (κ1) is 22.2. The molecule has 0 spiro atoms. The predicted octanol–water partition coefficient (Wildman–Crippen LogP) is 6.42. The summed E-state index contributed by atoms with van der Waals surface area (Å²) in [6.45, 7) is 0. The van der Waals surface area contributed by atoms with Crippen LogP contribution in [0.1, 0.15) is 72.1 Å². The molecule has 0 bridgehead atoms. The predicted molar refractivity (Wildman–Crippen MR) is 136 cm³/mol. The number of amides is 1. The van der Waals surface area contributed by atoms with Gasteiger partial charge in [-0.3, -0.25) is 9.78 Å². The van der Waals surface area contributed by atoms with Crippen LogP contribution in [0.4, 0.5) is 4.39 Å². The average Bonchev–Trinajstić information content (AvgIpc) is 3.61. The second kappa shape index (κ2) is 8.74. The Balaban J connectivity index is 1.24. The first-order valence-corrected chi connectivity index (χ1v) is 12.7. The molecule has 5 nitrogen and oxygen atoms in total. The van der Waals surface area contributed by atoms with Crippen molar-refractivity contribution in [2.75, 3.05) is 14.1 Å². The first-order valence-electron chi connectivity index (χ1n) is 12.7. The standard InChI is InChI=1S/C29H31FN4O/c1-34(2)29(35)20-9-11-25-26(15-20)33-28(32-25)27(19-7-8-19)18-5-3-17(4-6-18)22-13-14-31-24-12-10-21(30)16-23(22)24/h9-19,27H,3-8H2,1-2H3,(H,32,33). The van der Waals surface area contributed by atoms with Crippen LogP contribution in [-0.2, 0) is 0 Å². The van der Waals surface area contributed by atoms with E-state index in [1.165, 1.54) is 24.5 Å². The van der Waals surface area contributed by atoms with Gasteiger partial charge in [-0.1, -0.05) is 0 Å². The lowest BCUT2D eigenvalue weighted by Crippen LogP contribution is -2.22. The smallest absolute Gasteiger partial charge is 0.253 e. The van der Waals surface area contributed by atoms with Gasteiger partial charge in [-0.05, 0) is 104 Å². The molecule has 1 atom stereocenters. The first-order chi connectivity index (χ1) is 17.0. The van der Waals surface area contributed by atoms with Crippen LogP contribution in [0.2, 0.25) is 0 Å². The molecule has 1 unspecified atom stereocenters. The molecule has 2 aliphatic carbocycles. The minimum atomic E-state index is -0.199. The molecular formula is C29H31FN4O. The number of hydrogen-bond donors (Lipinski definition) is 1. The largest absolute Gasteiger partial charge is 0.345 e. The van der Waals surface area contributed by atoms with E-state index in [1.807, 2.05) is 24.4 Å². The number of aromatic amines is 1. The van der Waals surface area contributed by atoms with E-state index in [0.717, 1.165) is 53.4 Å². The van der Waals surface area contributed by atoms with Gasteiger partial charge in [0.05, 0.1) is 16.6 Å². The number of benzene rings is 2. The van der Waals surface area contributed by atoms with Gasteiger partial charge in [0.1, 0.15) is 11.6 Å². The fourth-order valence-corrected chi connectivity index (χ4v) is 6.15. The highest BCUT2D eigenvalue weighted by atomic mass is 19.1. The number of carbonyl (C=O) groups is 1. The van der Waals surface area contributed by atoms with Gasteiger partial charge in [0.2, 0.25) is 0 Å². The Hall–Kier alpha value is -3.28. The van der Waals surface area contributed by atoms with Crippen molar-refractivity contribution in [3.63, 3.8) is 0 Å². The summed E-state index contributed by atoms with van der Waals surface area (Å²) in [6, 6.07) is 12.8. The number of hydrogen-bond acceptors (Lipinski definition) is 3. The Labute approximate surface area is 204 Å². The molecule has 0 saturated heterocycles. The van der Waals surface area contributed by atoms with E-state index in [1.54, 1.807) is 31.1 Å². The average molecular weight is 471 g/mol. The van der Waals surface area contributed by atoms with Crippen molar-refractivity contribution < 1.29 is 9.18 Å². The molecule has 2 fully saturated rings. The van der Waals surface area contributed by atoms with Gasteiger partial charge < -0.3 is 9.88 Å². The van der Waals surface area contributed by atoms with Gasteiger partial charge in [-0.15, -0.1) is 0 Å². The number of H-pyrrole nitrogens is 1. The van der Waals surface area contributed by atoms with E-state index >= 15 is 0 Å². The molecule has 6 heteroatoms. The van der Waals surface area contributed by atoms with Crippen molar-refractivity contribution in [2.24, 2.45) is 11.8 Å². The normalized spacial score (nSPS) is 21.3. The molecule has 2 heterocycles. The lowest BCUT2D eigenvalue weighted by molar-refractivity contribution is 0.0827. The Bertz CT molecular complexity index is 1400. The number of rotatable bonds is 5. The molecule has 4 aromatic rings.